The number of benzene rings is 1. The summed E-state index contributed by atoms with van der Waals surface area (Å²) in [5.74, 6) is -0.132. The average molecular weight is 296 g/mol. The highest BCUT2D eigenvalue weighted by Crippen LogP contribution is 2.29. The zero-order valence-electron chi connectivity index (χ0n) is 10.9. The molecule has 1 N–H and O–H groups in total. The Morgan fingerprint density at radius 2 is 1.95 bits per heavy atom. The molecule has 2 fully saturated rings. The maximum atomic E-state index is 12.5. The largest absolute Gasteiger partial charge is 0.507 e. The molecule has 0 aliphatic carbocycles. The molecule has 0 radical (unpaired) electrons. The van der Waals surface area contributed by atoms with Crippen LogP contribution in [0.5, 0.6) is 5.75 Å². The summed E-state index contributed by atoms with van der Waals surface area (Å²) in [6, 6.07) is 5.90. The first-order valence-corrected chi connectivity index (χ1v) is 8.02. The number of carbonyl (C=O) groups excluding carboxylic acids is 1. The number of hydrogen-bond acceptors (Lipinski definition) is 4. The van der Waals surface area contributed by atoms with Crippen molar-refractivity contribution in [3.63, 3.8) is 0 Å². The van der Waals surface area contributed by atoms with Gasteiger partial charge in [0.1, 0.15) is 10.6 Å². The third-order valence-electron chi connectivity index (χ3n) is 3.94. The van der Waals surface area contributed by atoms with Crippen LogP contribution in [0.25, 0.3) is 0 Å². The molecule has 1 aromatic carbocycles. The number of phenols is 1. The number of fused-ring (bicyclic) bond motifs is 1. The second-order valence-electron chi connectivity index (χ2n) is 5.11. The smallest absolute Gasteiger partial charge is 0.246 e. The maximum absolute atomic E-state index is 12.5. The summed E-state index contributed by atoms with van der Waals surface area (Å²) in [6.07, 6.45) is 1.20. The van der Waals surface area contributed by atoms with Gasteiger partial charge >= 0.3 is 0 Å². The first-order valence-electron chi connectivity index (χ1n) is 6.58. The van der Waals surface area contributed by atoms with E-state index in [-0.39, 0.29) is 29.1 Å². The van der Waals surface area contributed by atoms with E-state index in [1.54, 1.807) is 17.0 Å². The molecule has 0 bridgehead atoms. The number of piperazine rings is 1. The summed E-state index contributed by atoms with van der Waals surface area (Å²) in [5, 5.41) is 9.74. The zero-order chi connectivity index (χ0) is 14.3. The second kappa shape index (κ2) is 4.75. The van der Waals surface area contributed by atoms with Crippen LogP contribution in [0.15, 0.2) is 29.2 Å². The monoisotopic (exact) mass is 296 g/mol. The number of phenolic OH excluding ortho intramolecular Hbond substituents is 1. The summed E-state index contributed by atoms with van der Waals surface area (Å²) in [5.41, 5.74) is 0. The number of rotatable bonds is 2. The van der Waals surface area contributed by atoms with Gasteiger partial charge in [0, 0.05) is 32.1 Å². The number of nitrogens with zero attached hydrogens (tertiary/aromatic N) is 2. The molecule has 3 rings (SSSR count). The van der Waals surface area contributed by atoms with Crippen LogP contribution >= 0.6 is 0 Å². The Balaban J connectivity index is 1.87. The predicted octanol–water partition coefficient (Wildman–Crippen LogP) is 0.387. The molecule has 7 heteroatoms. The van der Waals surface area contributed by atoms with Gasteiger partial charge in [-0.25, -0.2) is 8.42 Å². The van der Waals surface area contributed by atoms with Crippen LogP contribution in [0.3, 0.4) is 0 Å². The van der Waals surface area contributed by atoms with Crippen LogP contribution in [0.1, 0.15) is 12.8 Å². The Hall–Kier alpha value is -1.60. The fourth-order valence-electron chi connectivity index (χ4n) is 2.87. The van der Waals surface area contributed by atoms with Crippen molar-refractivity contribution in [2.75, 3.05) is 19.6 Å². The van der Waals surface area contributed by atoms with Crippen LogP contribution < -0.4 is 0 Å². The normalized spacial score (nSPS) is 23.9. The molecule has 2 aliphatic heterocycles. The minimum Gasteiger partial charge on any atom is -0.507 e. The highest BCUT2D eigenvalue weighted by Gasteiger charge is 2.40. The third kappa shape index (κ3) is 2.06. The Morgan fingerprint density at radius 1 is 1.20 bits per heavy atom. The summed E-state index contributed by atoms with van der Waals surface area (Å²) in [4.78, 5) is 13.3. The SMILES string of the molecule is O=C1CCC2CN(S(=O)(=O)c3ccccc3O)CCN12. The van der Waals surface area contributed by atoms with Gasteiger partial charge < -0.3 is 10.0 Å². The van der Waals surface area contributed by atoms with Gasteiger partial charge in [-0.2, -0.15) is 4.31 Å². The maximum Gasteiger partial charge on any atom is 0.246 e. The van der Waals surface area contributed by atoms with E-state index in [1.165, 1.54) is 16.4 Å². The van der Waals surface area contributed by atoms with Gasteiger partial charge in [-0.05, 0) is 18.6 Å². The fourth-order valence-corrected chi connectivity index (χ4v) is 4.42. The molecule has 1 unspecified atom stereocenters. The topological polar surface area (TPSA) is 77.9 Å². The van der Waals surface area contributed by atoms with E-state index in [0.29, 0.717) is 25.9 Å². The Labute approximate surface area is 117 Å². The molecule has 1 aromatic rings. The number of hydrogen-bond donors (Lipinski definition) is 1. The lowest BCUT2D eigenvalue weighted by Gasteiger charge is -2.36. The average Bonchev–Trinajstić information content (AvgIpc) is 2.80. The Bertz CT molecular complexity index is 644. The van der Waals surface area contributed by atoms with Gasteiger partial charge in [0.05, 0.1) is 0 Å². The van der Waals surface area contributed by atoms with Crippen molar-refractivity contribution >= 4 is 15.9 Å². The van der Waals surface area contributed by atoms with Crippen LogP contribution in [0.4, 0.5) is 0 Å². The van der Waals surface area contributed by atoms with Crippen LogP contribution in [0, 0.1) is 0 Å². The summed E-state index contributed by atoms with van der Waals surface area (Å²) in [6.45, 7) is 1.01. The second-order valence-corrected chi connectivity index (χ2v) is 7.02. The molecule has 2 saturated heterocycles. The van der Waals surface area contributed by atoms with Crippen molar-refractivity contribution in [2.45, 2.75) is 23.8 Å². The molecule has 0 spiro atoms. The quantitative estimate of drug-likeness (QED) is 0.856. The van der Waals surface area contributed by atoms with Crippen molar-refractivity contribution < 1.29 is 18.3 Å². The van der Waals surface area contributed by atoms with Crippen molar-refractivity contribution in [2.24, 2.45) is 0 Å². The molecule has 2 heterocycles. The van der Waals surface area contributed by atoms with Crippen LogP contribution in [-0.2, 0) is 14.8 Å². The van der Waals surface area contributed by atoms with Crippen molar-refractivity contribution in [3.8, 4) is 5.75 Å². The summed E-state index contributed by atoms with van der Waals surface area (Å²) < 4.78 is 26.4. The number of carbonyl (C=O) groups is 1. The van der Waals surface area contributed by atoms with Gasteiger partial charge in [-0.3, -0.25) is 4.79 Å². The highest BCUT2D eigenvalue weighted by molar-refractivity contribution is 7.89. The first kappa shape index (κ1) is 13.4. The Kier molecular flexibility index (Phi) is 3.18. The van der Waals surface area contributed by atoms with E-state index >= 15 is 0 Å². The molecule has 20 heavy (non-hydrogen) atoms. The number of amides is 1. The predicted molar refractivity (Wildman–Crippen MR) is 71.6 cm³/mol. The number of para-hydroxylation sites is 1. The van der Waals surface area contributed by atoms with Gasteiger partial charge in [0.25, 0.3) is 0 Å². The van der Waals surface area contributed by atoms with Gasteiger partial charge in [-0.1, -0.05) is 12.1 Å². The van der Waals surface area contributed by atoms with E-state index < -0.39 is 10.0 Å². The minimum atomic E-state index is -3.70. The molecule has 0 saturated carbocycles. The molecule has 6 nitrogen and oxygen atoms in total. The van der Waals surface area contributed by atoms with Crippen molar-refractivity contribution in [3.05, 3.63) is 24.3 Å². The minimum absolute atomic E-state index is 0.0307. The van der Waals surface area contributed by atoms with Crippen LogP contribution in [0.2, 0.25) is 0 Å². The van der Waals surface area contributed by atoms with E-state index in [9.17, 15) is 18.3 Å². The van der Waals surface area contributed by atoms with E-state index in [2.05, 4.69) is 0 Å². The number of aromatic hydroxyl groups is 1. The third-order valence-corrected chi connectivity index (χ3v) is 5.85. The molecule has 108 valence electrons. The number of sulfonamides is 1. The molecule has 0 aromatic heterocycles. The lowest BCUT2D eigenvalue weighted by Crippen LogP contribution is -2.53. The fraction of sp³-hybridized carbons (Fsp3) is 0.462. The standard InChI is InChI=1S/C13H16N2O4S/c16-11-3-1-2-4-12(11)20(18,19)14-7-8-15-10(9-14)5-6-13(15)17/h1-4,10,16H,5-9H2. The van der Waals surface area contributed by atoms with Gasteiger partial charge in [-0.15, -0.1) is 0 Å². The molecular formula is C13H16N2O4S. The lowest BCUT2D eigenvalue weighted by molar-refractivity contribution is -0.130. The summed E-state index contributed by atoms with van der Waals surface area (Å²) >= 11 is 0. The van der Waals surface area contributed by atoms with E-state index in [1.807, 2.05) is 0 Å². The molecule has 2 aliphatic rings. The van der Waals surface area contributed by atoms with E-state index in [0.717, 1.165) is 0 Å². The van der Waals surface area contributed by atoms with E-state index in [4.69, 9.17) is 0 Å². The first-order chi connectivity index (χ1) is 9.50. The van der Waals surface area contributed by atoms with Crippen LogP contribution in [-0.4, -0.2) is 54.3 Å². The molecule has 1 amide bonds. The molecular weight excluding hydrogens is 280 g/mol. The van der Waals surface area contributed by atoms with Gasteiger partial charge in [0.15, 0.2) is 0 Å². The van der Waals surface area contributed by atoms with Crippen molar-refractivity contribution in [1.29, 1.82) is 0 Å². The highest BCUT2D eigenvalue weighted by atomic mass is 32.2. The zero-order valence-corrected chi connectivity index (χ0v) is 11.7. The Morgan fingerprint density at radius 3 is 2.70 bits per heavy atom. The summed E-state index contributed by atoms with van der Waals surface area (Å²) in [7, 11) is -3.70. The van der Waals surface area contributed by atoms with Gasteiger partial charge in [0.2, 0.25) is 15.9 Å². The van der Waals surface area contributed by atoms with Crippen molar-refractivity contribution in [1.82, 2.24) is 9.21 Å². The molecule has 1 atom stereocenters. The lowest BCUT2D eigenvalue weighted by atomic mass is 10.2.